The fourth-order valence-electron chi connectivity index (χ4n) is 2.64. The first-order chi connectivity index (χ1) is 11.4. The quantitative estimate of drug-likeness (QED) is 0.743. The number of rotatable bonds is 8. The third kappa shape index (κ3) is 3.76. The van der Waals surface area contributed by atoms with E-state index in [1.807, 2.05) is 13.8 Å². The summed E-state index contributed by atoms with van der Waals surface area (Å²) in [6.45, 7) is 7.01. The number of hydrogen-bond donors (Lipinski definition) is 1. The van der Waals surface area contributed by atoms with E-state index in [1.165, 1.54) is 12.1 Å². The molecule has 24 heavy (non-hydrogen) atoms. The number of carbonyl (C=O) groups excluding carboxylic acids is 2. The lowest BCUT2D eigenvalue weighted by Crippen LogP contribution is -2.37. The van der Waals surface area contributed by atoms with Crippen LogP contribution in [0.2, 0.25) is 0 Å². The van der Waals surface area contributed by atoms with Gasteiger partial charge < -0.3 is 10.2 Å². The summed E-state index contributed by atoms with van der Waals surface area (Å²) in [6.07, 6.45) is -0.0444. The molecule has 0 radical (unpaired) electrons. The third-order valence-corrected chi connectivity index (χ3v) is 5.94. The fourth-order valence-corrected chi connectivity index (χ4v) is 4.21. The zero-order chi connectivity index (χ0) is 17.7. The van der Waals surface area contributed by atoms with Crippen LogP contribution in [0.5, 0.6) is 0 Å². The first-order valence-corrected chi connectivity index (χ1v) is 9.51. The van der Waals surface area contributed by atoms with Crippen LogP contribution in [0.4, 0.5) is 0 Å². The lowest BCUT2D eigenvalue weighted by atomic mass is 10.2. The van der Waals surface area contributed by atoms with E-state index in [2.05, 4.69) is 10.2 Å². The summed E-state index contributed by atoms with van der Waals surface area (Å²) in [5, 5.41) is 2.76. The number of carbonyl (C=O) groups is 2. The van der Waals surface area contributed by atoms with Gasteiger partial charge in [-0.3, -0.25) is 9.59 Å². The molecule has 0 fully saturated rings. The van der Waals surface area contributed by atoms with Crippen LogP contribution in [-0.2, 0) is 14.8 Å². The third-order valence-electron chi connectivity index (χ3n) is 4.10. The van der Waals surface area contributed by atoms with E-state index in [4.69, 9.17) is 0 Å². The molecule has 1 heterocycles. The monoisotopic (exact) mass is 353 g/mol. The molecule has 1 aromatic rings. The Hall–Kier alpha value is -1.93. The predicted octanol–water partition coefficient (Wildman–Crippen LogP) is 0.679. The lowest BCUT2D eigenvalue weighted by Gasteiger charge is -2.18. The van der Waals surface area contributed by atoms with Crippen LogP contribution in [0.1, 0.15) is 30.6 Å². The van der Waals surface area contributed by atoms with Gasteiger partial charge in [0.15, 0.2) is 0 Å². The van der Waals surface area contributed by atoms with Gasteiger partial charge in [0.1, 0.15) is 4.90 Å². The molecule has 1 aliphatic heterocycles. The van der Waals surface area contributed by atoms with Crippen molar-refractivity contribution in [1.29, 1.82) is 0 Å². The van der Waals surface area contributed by atoms with Crippen molar-refractivity contribution in [1.82, 2.24) is 14.5 Å². The van der Waals surface area contributed by atoms with Crippen LogP contribution in [0, 0.1) is 0 Å². The second-order valence-electron chi connectivity index (χ2n) is 5.51. The molecule has 0 saturated carbocycles. The largest absolute Gasteiger partial charge is 0.355 e. The first-order valence-electron chi connectivity index (χ1n) is 8.07. The highest BCUT2D eigenvalue weighted by molar-refractivity contribution is 7.90. The van der Waals surface area contributed by atoms with Crippen LogP contribution in [0.25, 0.3) is 0 Å². The highest BCUT2D eigenvalue weighted by Gasteiger charge is 2.40. The van der Waals surface area contributed by atoms with Crippen molar-refractivity contribution >= 4 is 21.8 Å². The van der Waals surface area contributed by atoms with E-state index in [9.17, 15) is 18.0 Å². The van der Waals surface area contributed by atoms with Crippen molar-refractivity contribution in [2.24, 2.45) is 0 Å². The molecular weight excluding hydrogens is 330 g/mol. The Bertz CT molecular complexity index is 714. The minimum atomic E-state index is -3.84. The minimum absolute atomic E-state index is 0.0111. The second kappa shape index (κ2) is 7.76. The second-order valence-corrected chi connectivity index (χ2v) is 7.34. The SMILES string of the molecule is CCN(CC)CCNC(=O)CCN1C(=O)c2ccccc2S1(=O)=O. The Morgan fingerprint density at radius 1 is 1.21 bits per heavy atom. The van der Waals surface area contributed by atoms with E-state index < -0.39 is 15.9 Å². The van der Waals surface area contributed by atoms with Crippen molar-refractivity contribution in [3.63, 3.8) is 0 Å². The van der Waals surface area contributed by atoms with Gasteiger partial charge in [0.05, 0.1) is 5.56 Å². The summed E-state index contributed by atoms with van der Waals surface area (Å²) >= 11 is 0. The summed E-state index contributed by atoms with van der Waals surface area (Å²) in [4.78, 5) is 26.3. The lowest BCUT2D eigenvalue weighted by molar-refractivity contribution is -0.121. The van der Waals surface area contributed by atoms with Gasteiger partial charge in [-0.05, 0) is 25.2 Å². The summed E-state index contributed by atoms with van der Waals surface area (Å²) in [5.74, 6) is -0.831. The molecule has 0 bridgehead atoms. The number of benzene rings is 1. The molecule has 0 aromatic heterocycles. The van der Waals surface area contributed by atoms with Crippen molar-refractivity contribution in [3.8, 4) is 0 Å². The average Bonchev–Trinajstić information content (AvgIpc) is 2.77. The molecule has 8 heteroatoms. The molecular formula is C16H23N3O4S. The molecule has 0 spiro atoms. The number of sulfonamides is 1. The van der Waals surface area contributed by atoms with Gasteiger partial charge in [0, 0.05) is 26.1 Å². The number of nitrogens with one attached hydrogen (secondary N) is 1. The molecule has 2 amide bonds. The van der Waals surface area contributed by atoms with Crippen LogP contribution in [0.15, 0.2) is 29.2 Å². The first kappa shape index (κ1) is 18.4. The number of nitrogens with zero attached hydrogens (tertiary/aromatic N) is 2. The Balaban J connectivity index is 1.89. The number of fused-ring (bicyclic) bond motifs is 1. The van der Waals surface area contributed by atoms with Gasteiger partial charge in [-0.15, -0.1) is 0 Å². The van der Waals surface area contributed by atoms with Gasteiger partial charge in [-0.1, -0.05) is 26.0 Å². The molecule has 0 saturated heterocycles. The van der Waals surface area contributed by atoms with Crippen molar-refractivity contribution < 1.29 is 18.0 Å². The van der Waals surface area contributed by atoms with E-state index in [0.717, 1.165) is 23.9 Å². The maximum absolute atomic E-state index is 12.4. The molecule has 2 rings (SSSR count). The number of likely N-dealkylation sites (N-methyl/N-ethyl adjacent to an activating group) is 1. The van der Waals surface area contributed by atoms with E-state index in [-0.39, 0.29) is 29.3 Å². The Morgan fingerprint density at radius 2 is 1.88 bits per heavy atom. The molecule has 0 unspecified atom stereocenters. The van der Waals surface area contributed by atoms with Gasteiger partial charge in [-0.2, -0.15) is 0 Å². The molecule has 0 atom stereocenters. The number of hydrogen-bond acceptors (Lipinski definition) is 5. The van der Waals surface area contributed by atoms with Crippen LogP contribution in [-0.4, -0.2) is 62.2 Å². The van der Waals surface area contributed by atoms with E-state index in [1.54, 1.807) is 12.1 Å². The van der Waals surface area contributed by atoms with Gasteiger partial charge in [0.2, 0.25) is 5.91 Å². The summed E-state index contributed by atoms with van der Waals surface area (Å²) < 4.78 is 25.5. The maximum atomic E-state index is 12.4. The Morgan fingerprint density at radius 3 is 2.50 bits per heavy atom. The standard InChI is InChI=1S/C16H23N3O4S/c1-3-18(4-2)12-10-17-15(20)9-11-19-16(21)13-7-5-6-8-14(13)24(19,22)23/h5-8H,3-4,9-12H2,1-2H3,(H,17,20). The molecule has 0 aliphatic carbocycles. The van der Waals surface area contributed by atoms with E-state index in [0.29, 0.717) is 6.54 Å². The van der Waals surface area contributed by atoms with Crippen molar-refractivity contribution in [2.75, 3.05) is 32.7 Å². The summed E-state index contributed by atoms with van der Waals surface area (Å²) in [7, 11) is -3.84. The van der Waals surface area contributed by atoms with Gasteiger partial charge in [0.25, 0.3) is 15.9 Å². The molecule has 1 aromatic carbocycles. The van der Waals surface area contributed by atoms with Crippen LogP contribution < -0.4 is 5.32 Å². The highest BCUT2D eigenvalue weighted by atomic mass is 32.2. The fraction of sp³-hybridized carbons (Fsp3) is 0.500. The summed E-state index contributed by atoms with van der Waals surface area (Å²) in [5.41, 5.74) is 0.166. The molecule has 1 N–H and O–H groups in total. The van der Waals surface area contributed by atoms with Crippen LogP contribution in [0.3, 0.4) is 0 Å². The molecule has 132 valence electrons. The maximum Gasteiger partial charge on any atom is 0.269 e. The van der Waals surface area contributed by atoms with E-state index >= 15 is 0 Å². The van der Waals surface area contributed by atoms with Gasteiger partial charge in [-0.25, -0.2) is 12.7 Å². The van der Waals surface area contributed by atoms with Crippen molar-refractivity contribution in [2.45, 2.75) is 25.2 Å². The Labute approximate surface area is 142 Å². The molecule has 1 aliphatic rings. The zero-order valence-electron chi connectivity index (χ0n) is 14.0. The minimum Gasteiger partial charge on any atom is -0.355 e. The van der Waals surface area contributed by atoms with Crippen molar-refractivity contribution in [3.05, 3.63) is 29.8 Å². The normalized spacial score (nSPS) is 15.6. The highest BCUT2D eigenvalue weighted by Crippen LogP contribution is 2.29. The van der Waals surface area contributed by atoms with Gasteiger partial charge >= 0.3 is 0 Å². The topological polar surface area (TPSA) is 86.8 Å². The predicted molar refractivity (Wildman–Crippen MR) is 90.1 cm³/mol. The number of amides is 2. The smallest absolute Gasteiger partial charge is 0.269 e. The average molecular weight is 353 g/mol. The Kier molecular flexibility index (Phi) is 5.95. The zero-order valence-corrected chi connectivity index (χ0v) is 14.8. The molecule has 7 nitrogen and oxygen atoms in total. The van der Waals surface area contributed by atoms with Crippen LogP contribution >= 0.6 is 0 Å². The summed E-state index contributed by atoms with van der Waals surface area (Å²) in [6, 6.07) is 6.09.